The van der Waals surface area contributed by atoms with Crippen molar-refractivity contribution in [2.24, 2.45) is 0 Å². The first-order valence-electron chi connectivity index (χ1n) is 10.4. The maximum atomic E-state index is 11.5. The topological polar surface area (TPSA) is 259 Å². The first-order chi connectivity index (χ1) is 15.4. The van der Waals surface area contributed by atoms with Crippen LogP contribution in [0, 0.1) is 0 Å². The van der Waals surface area contributed by atoms with E-state index in [0.717, 1.165) is 0 Å². The van der Waals surface area contributed by atoms with Crippen molar-refractivity contribution < 1.29 is 75.1 Å². The van der Waals surface area contributed by atoms with Gasteiger partial charge in [-0.3, -0.25) is 0 Å². The van der Waals surface area contributed by atoms with Gasteiger partial charge in [-0.1, -0.05) is 0 Å². The average molecular weight is 488 g/mol. The van der Waals surface area contributed by atoms with E-state index in [4.69, 9.17) is 18.9 Å². The highest BCUT2D eigenvalue weighted by molar-refractivity contribution is 5.11. The van der Waals surface area contributed by atoms with E-state index in [1.807, 2.05) is 0 Å². The van der Waals surface area contributed by atoms with Crippen LogP contribution in [0.3, 0.4) is 0 Å². The molecule has 0 spiro atoms. The second-order valence-electron chi connectivity index (χ2n) is 8.57. The molecule has 194 valence electrons. The highest BCUT2D eigenvalue weighted by Gasteiger charge is 2.65. The SMILES string of the molecule is C[C@@H]1O[C@@H]([C@]2(O)[C@H](O[C@H]3[C@H](O)[C@@H](O)C(O)O[C@@H]3CO)O[C@H](CO)[C@H](O)[C@@H]2O)[C@@H](O)[C@H](O)[C@@H]1O. The number of hydrogen-bond acceptors (Lipinski definition) is 15. The van der Waals surface area contributed by atoms with Gasteiger partial charge in [0.05, 0.1) is 19.3 Å². The zero-order valence-electron chi connectivity index (χ0n) is 17.5. The number of aliphatic hydroxyl groups is 11. The molecule has 3 saturated heterocycles. The maximum Gasteiger partial charge on any atom is 0.192 e. The summed E-state index contributed by atoms with van der Waals surface area (Å²) in [5.74, 6) is 0. The van der Waals surface area contributed by atoms with E-state index in [-0.39, 0.29) is 0 Å². The Morgan fingerprint density at radius 3 is 1.88 bits per heavy atom. The predicted molar refractivity (Wildman–Crippen MR) is 99.9 cm³/mol. The molecule has 0 aromatic rings. The molecule has 33 heavy (non-hydrogen) atoms. The summed E-state index contributed by atoms with van der Waals surface area (Å²) in [5.41, 5.74) is -2.89. The Morgan fingerprint density at radius 1 is 0.697 bits per heavy atom. The second-order valence-corrected chi connectivity index (χ2v) is 8.57. The zero-order chi connectivity index (χ0) is 24.8. The molecule has 0 aromatic heterocycles. The smallest absolute Gasteiger partial charge is 0.192 e. The molecule has 1 unspecified atom stereocenters. The van der Waals surface area contributed by atoms with Crippen molar-refractivity contribution in [3.8, 4) is 0 Å². The molecule has 0 amide bonds. The molecule has 0 radical (unpaired) electrons. The van der Waals surface area contributed by atoms with Gasteiger partial charge in [-0.15, -0.1) is 0 Å². The Morgan fingerprint density at radius 2 is 1.30 bits per heavy atom. The van der Waals surface area contributed by atoms with Crippen LogP contribution >= 0.6 is 0 Å². The van der Waals surface area contributed by atoms with Gasteiger partial charge in [-0.2, -0.15) is 0 Å². The molecular weight excluding hydrogens is 456 g/mol. The summed E-state index contributed by atoms with van der Waals surface area (Å²) in [6.07, 6.45) is -25.3. The fourth-order valence-corrected chi connectivity index (χ4v) is 4.37. The number of ether oxygens (including phenoxy) is 4. The largest absolute Gasteiger partial charge is 0.394 e. The van der Waals surface area contributed by atoms with Gasteiger partial charge in [-0.25, -0.2) is 0 Å². The fraction of sp³-hybridized carbons (Fsp3) is 1.00. The van der Waals surface area contributed by atoms with E-state index in [1.165, 1.54) is 6.92 Å². The van der Waals surface area contributed by atoms with E-state index >= 15 is 0 Å². The van der Waals surface area contributed by atoms with Crippen LogP contribution in [0.4, 0.5) is 0 Å². The minimum Gasteiger partial charge on any atom is -0.394 e. The van der Waals surface area contributed by atoms with Crippen molar-refractivity contribution in [3.05, 3.63) is 0 Å². The highest BCUT2D eigenvalue weighted by atomic mass is 16.7. The van der Waals surface area contributed by atoms with Crippen LogP contribution in [0.1, 0.15) is 6.92 Å². The molecule has 0 aliphatic carbocycles. The van der Waals surface area contributed by atoms with Gasteiger partial charge in [-0.05, 0) is 6.92 Å². The minimum absolute atomic E-state index is 0.838. The molecule has 3 aliphatic rings. The Bertz CT molecular complexity index is 650. The summed E-state index contributed by atoms with van der Waals surface area (Å²) in [4.78, 5) is 0. The molecule has 0 bridgehead atoms. The summed E-state index contributed by atoms with van der Waals surface area (Å²) < 4.78 is 21.3. The van der Waals surface area contributed by atoms with E-state index in [9.17, 15) is 56.2 Å². The maximum absolute atomic E-state index is 11.5. The predicted octanol–water partition coefficient (Wildman–Crippen LogP) is -7.16. The summed E-state index contributed by atoms with van der Waals surface area (Å²) in [6, 6.07) is 0. The molecule has 15 nitrogen and oxygen atoms in total. The van der Waals surface area contributed by atoms with Gasteiger partial charge >= 0.3 is 0 Å². The van der Waals surface area contributed by atoms with Crippen LogP contribution in [-0.2, 0) is 18.9 Å². The van der Waals surface area contributed by atoms with Crippen molar-refractivity contribution in [1.29, 1.82) is 0 Å². The monoisotopic (exact) mass is 488 g/mol. The van der Waals surface area contributed by atoms with Crippen LogP contribution < -0.4 is 0 Å². The lowest BCUT2D eigenvalue weighted by Crippen LogP contribution is -2.77. The van der Waals surface area contributed by atoms with Crippen molar-refractivity contribution in [2.45, 2.75) is 98.4 Å². The van der Waals surface area contributed by atoms with Crippen LogP contribution in [0.25, 0.3) is 0 Å². The van der Waals surface area contributed by atoms with E-state index in [1.54, 1.807) is 0 Å². The number of rotatable bonds is 5. The Labute approximate surface area is 187 Å². The lowest BCUT2D eigenvalue weighted by atomic mass is 9.76. The molecule has 0 aromatic carbocycles. The summed E-state index contributed by atoms with van der Waals surface area (Å²) in [6.45, 7) is -0.405. The van der Waals surface area contributed by atoms with E-state index < -0.39 is 105 Å². The standard InChI is InChI=1S/C18H32O15/c1-4-7(21)9(23)11(25)15(30-4)18(29)14(27)8(22)5(2-19)32-17(18)33-13-6(3-20)31-16(28)12(26)10(13)24/h4-17,19-29H,2-3H2,1H3/t4-,5+,6+,7+,8-,9+,10+,11-,12+,13+,14-,15+,16?,17-,18-/m0/s1. The van der Waals surface area contributed by atoms with Crippen LogP contribution in [0.15, 0.2) is 0 Å². The van der Waals surface area contributed by atoms with Crippen molar-refractivity contribution in [3.63, 3.8) is 0 Å². The van der Waals surface area contributed by atoms with Crippen molar-refractivity contribution >= 4 is 0 Å². The van der Waals surface area contributed by atoms with Crippen molar-refractivity contribution in [2.75, 3.05) is 13.2 Å². The molecule has 3 fully saturated rings. The third-order valence-corrected chi connectivity index (χ3v) is 6.46. The third-order valence-electron chi connectivity index (χ3n) is 6.46. The first kappa shape index (κ1) is 27.0. The molecule has 3 heterocycles. The molecule has 3 rings (SSSR count). The third kappa shape index (κ3) is 4.53. The van der Waals surface area contributed by atoms with Crippen LogP contribution in [0.2, 0.25) is 0 Å². The van der Waals surface area contributed by atoms with Gasteiger partial charge < -0.3 is 75.1 Å². The van der Waals surface area contributed by atoms with Gasteiger partial charge in [0.25, 0.3) is 0 Å². The van der Waals surface area contributed by atoms with E-state index in [0.29, 0.717) is 0 Å². The normalized spacial score (nSPS) is 56.0. The van der Waals surface area contributed by atoms with Gasteiger partial charge in [0.15, 0.2) is 18.2 Å². The molecule has 11 N–H and O–H groups in total. The number of aliphatic hydroxyl groups excluding tert-OH is 10. The molecule has 0 saturated carbocycles. The summed E-state index contributed by atoms with van der Waals surface area (Å²) in [5, 5.41) is 112. The second kappa shape index (κ2) is 10.2. The first-order valence-corrected chi connectivity index (χ1v) is 10.4. The quantitative estimate of drug-likeness (QED) is 0.172. The van der Waals surface area contributed by atoms with E-state index in [2.05, 4.69) is 0 Å². The average Bonchev–Trinajstić information content (AvgIpc) is 2.80. The number of hydrogen-bond donors (Lipinski definition) is 11. The zero-order valence-corrected chi connectivity index (χ0v) is 17.5. The van der Waals surface area contributed by atoms with Gasteiger partial charge in [0.1, 0.15) is 67.1 Å². The molecule has 15 heteroatoms. The van der Waals surface area contributed by atoms with Crippen LogP contribution in [-0.4, -0.2) is 161 Å². The Balaban J connectivity index is 1.99. The lowest BCUT2D eigenvalue weighted by Gasteiger charge is -2.55. The molecule has 3 aliphatic heterocycles. The minimum atomic E-state index is -2.89. The summed E-state index contributed by atoms with van der Waals surface area (Å²) in [7, 11) is 0. The van der Waals surface area contributed by atoms with Crippen molar-refractivity contribution in [1.82, 2.24) is 0 Å². The lowest BCUT2D eigenvalue weighted by molar-refractivity contribution is -0.406. The fourth-order valence-electron chi connectivity index (χ4n) is 4.37. The Hall–Kier alpha value is -0.600. The van der Waals surface area contributed by atoms with Crippen LogP contribution in [0.5, 0.6) is 0 Å². The van der Waals surface area contributed by atoms with Gasteiger partial charge in [0.2, 0.25) is 0 Å². The summed E-state index contributed by atoms with van der Waals surface area (Å²) >= 11 is 0. The highest BCUT2D eigenvalue weighted by Crippen LogP contribution is 2.41. The molecular formula is C18H32O15. The Kier molecular flexibility index (Phi) is 8.32. The van der Waals surface area contributed by atoms with Gasteiger partial charge in [0, 0.05) is 0 Å². The molecule has 15 atom stereocenters.